The van der Waals surface area contributed by atoms with Crippen molar-refractivity contribution in [1.29, 1.82) is 0 Å². The lowest BCUT2D eigenvalue weighted by atomic mass is 9.83. The molecule has 1 amide bonds. The van der Waals surface area contributed by atoms with Gasteiger partial charge in [-0.3, -0.25) is 14.4 Å². The molecule has 3 aromatic carbocycles. The van der Waals surface area contributed by atoms with E-state index in [1.165, 1.54) is 24.3 Å². The summed E-state index contributed by atoms with van der Waals surface area (Å²) in [6, 6.07) is 15.5. The van der Waals surface area contributed by atoms with E-state index in [-0.39, 0.29) is 45.3 Å². The van der Waals surface area contributed by atoms with E-state index in [1.54, 1.807) is 43.3 Å². The van der Waals surface area contributed by atoms with Crippen molar-refractivity contribution < 1.29 is 29.0 Å². The number of benzene rings is 3. The Bertz CT molecular complexity index is 1260. The first-order valence-electron chi connectivity index (χ1n) is 9.45. The van der Waals surface area contributed by atoms with Crippen molar-refractivity contribution in [1.82, 2.24) is 0 Å². The van der Waals surface area contributed by atoms with E-state index in [0.29, 0.717) is 5.56 Å². The quantitative estimate of drug-likeness (QED) is 0.495. The molecule has 0 fully saturated rings. The first-order valence-corrected chi connectivity index (χ1v) is 9.45. The number of esters is 1. The summed E-state index contributed by atoms with van der Waals surface area (Å²) in [6.07, 6.45) is 0. The van der Waals surface area contributed by atoms with Gasteiger partial charge in [-0.1, -0.05) is 48.0 Å². The SMILES string of the molecule is Cc1ccc(O)c(C(=O)OCC(=O)Nc2cccc3c2C(=O)c2ccccc2C3=O)c1. The number of fused-ring (bicyclic) bond motifs is 2. The highest BCUT2D eigenvalue weighted by Gasteiger charge is 2.31. The molecule has 0 aliphatic heterocycles. The average Bonchev–Trinajstić information content (AvgIpc) is 2.77. The van der Waals surface area contributed by atoms with Crippen LogP contribution in [0.3, 0.4) is 0 Å². The summed E-state index contributed by atoms with van der Waals surface area (Å²) < 4.78 is 4.98. The first kappa shape index (κ1) is 20.0. The van der Waals surface area contributed by atoms with Crippen molar-refractivity contribution in [2.24, 2.45) is 0 Å². The highest BCUT2D eigenvalue weighted by molar-refractivity contribution is 6.30. The van der Waals surface area contributed by atoms with Gasteiger partial charge in [0.1, 0.15) is 11.3 Å². The highest BCUT2D eigenvalue weighted by atomic mass is 16.5. The number of anilines is 1. The van der Waals surface area contributed by atoms with Gasteiger partial charge < -0.3 is 15.2 Å². The summed E-state index contributed by atoms with van der Waals surface area (Å²) in [5, 5.41) is 12.3. The minimum Gasteiger partial charge on any atom is -0.507 e. The number of rotatable bonds is 4. The topological polar surface area (TPSA) is 110 Å². The zero-order chi connectivity index (χ0) is 22.1. The molecule has 0 saturated heterocycles. The van der Waals surface area contributed by atoms with E-state index in [9.17, 15) is 24.3 Å². The molecule has 0 aromatic heterocycles. The lowest BCUT2D eigenvalue weighted by Gasteiger charge is -2.20. The number of nitrogens with one attached hydrogen (secondary N) is 1. The number of aromatic hydroxyl groups is 1. The van der Waals surface area contributed by atoms with Crippen LogP contribution in [0.1, 0.15) is 47.8 Å². The number of hydrogen-bond donors (Lipinski definition) is 2. The van der Waals surface area contributed by atoms with Gasteiger partial charge in [-0.2, -0.15) is 0 Å². The predicted molar refractivity (Wildman–Crippen MR) is 112 cm³/mol. The van der Waals surface area contributed by atoms with Crippen LogP contribution in [-0.2, 0) is 9.53 Å². The maximum atomic E-state index is 13.0. The number of ketones is 2. The molecule has 0 unspecified atom stereocenters. The second kappa shape index (κ2) is 7.87. The third-order valence-electron chi connectivity index (χ3n) is 4.93. The number of carbonyl (C=O) groups excluding carboxylic acids is 4. The second-order valence-electron chi connectivity index (χ2n) is 7.08. The van der Waals surface area contributed by atoms with Gasteiger partial charge in [0.05, 0.1) is 11.3 Å². The summed E-state index contributed by atoms with van der Waals surface area (Å²) in [6.45, 7) is 1.12. The molecule has 0 saturated carbocycles. The van der Waals surface area contributed by atoms with Crippen LogP contribution in [0.15, 0.2) is 60.7 Å². The van der Waals surface area contributed by atoms with Crippen LogP contribution < -0.4 is 5.32 Å². The van der Waals surface area contributed by atoms with E-state index in [2.05, 4.69) is 5.32 Å². The van der Waals surface area contributed by atoms with Crippen LogP contribution in [0.4, 0.5) is 5.69 Å². The zero-order valence-corrected chi connectivity index (χ0v) is 16.5. The van der Waals surface area contributed by atoms with E-state index in [4.69, 9.17) is 4.74 Å². The zero-order valence-electron chi connectivity index (χ0n) is 16.5. The number of aryl methyl sites for hydroxylation is 1. The third-order valence-corrected chi connectivity index (χ3v) is 4.93. The Hall–Kier alpha value is -4.26. The maximum Gasteiger partial charge on any atom is 0.342 e. The third kappa shape index (κ3) is 3.69. The fourth-order valence-electron chi connectivity index (χ4n) is 3.46. The Kier molecular flexibility index (Phi) is 5.09. The molecule has 1 aliphatic rings. The average molecular weight is 415 g/mol. The second-order valence-corrected chi connectivity index (χ2v) is 7.08. The Labute approximate surface area is 177 Å². The van der Waals surface area contributed by atoms with Crippen LogP contribution in [0.5, 0.6) is 5.75 Å². The van der Waals surface area contributed by atoms with E-state index >= 15 is 0 Å². The molecular weight excluding hydrogens is 398 g/mol. The Morgan fingerprint density at radius 3 is 2.32 bits per heavy atom. The predicted octanol–water partition coefficient (Wildman–Crippen LogP) is 3.27. The highest BCUT2D eigenvalue weighted by Crippen LogP contribution is 2.31. The first-order chi connectivity index (χ1) is 14.9. The van der Waals surface area contributed by atoms with Gasteiger partial charge in [0, 0.05) is 16.7 Å². The van der Waals surface area contributed by atoms with Crippen molar-refractivity contribution in [3.05, 3.63) is 94.0 Å². The van der Waals surface area contributed by atoms with Gasteiger partial charge in [-0.25, -0.2) is 4.79 Å². The molecule has 0 bridgehead atoms. The van der Waals surface area contributed by atoms with Crippen LogP contribution in [0.2, 0.25) is 0 Å². The fourth-order valence-corrected chi connectivity index (χ4v) is 3.46. The number of hydrogen-bond acceptors (Lipinski definition) is 6. The monoisotopic (exact) mass is 415 g/mol. The lowest BCUT2D eigenvalue weighted by Crippen LogP contribution is -2.26. The summed E-state index contributed by atoms with van der Waals surface area (Å²) >= 11 is 0. The van der Waals surface area contributed by atoms with Crippen LogP contribution >= 0.6 is 0 Å². The molecule has 1 aliphatic carbocycles. The number of ether oxygens (including phenoxy) is 1. The molecule has 0 radical (unpaired) electrons. The number of carbonyl (C=O) groups is 4. The lowest BCUT2D eigenvalue weighted by molar-refractivity contribution is -0.119. The number of phenols is 1. The van der Waals surface area contributed by atoms with Crippen molar-refractivity contribution in [3.63, 3.8) is 0 Å². The molecule has 7 heteroatoms. The number of phenolic OH excluding ortho intramolecular Hbond substituents is 1. The standard InChI is InChI=1S/C24H17NO6/c1-13-9-10-19(26)17(11-13)24(30)31-12-20(27)25-18-8-4-7-16-21(18)23(29)15-6-3-2-5-14(15)22(16)28/h2-11,26H,12H2,1H3,(H,25,27). The molecular formula is C24H17NO6. The van der Waals surface area contributed by atoms with E-state index in [0.717, 1.165) is 5.56 Å². The summed E-state index contributed by atoms with van der Waals surface area (Å²) in [5.74, 6) is -2.47. The Morgan fingerprint density at radius 1 is 0.903 bits per heavy atom. The van der Waals surface area contributed by atoms with Gasteiger partial charge in [0.15, 0.2) is 18.2 Å². The van der Waals surface area contributed by atoms with Crippen molar-refractivity contribution in [2.75, 3.05) is 11.9 Å². The van der Waals surface area contributed by atoms with Crippen molar-refractivity contribution in [2.45, 2.75) is 6.92 Å². The Morgan fingerprint density at radius 2 is 1.58 bits per heavy atom. The molecule has 0 spiro atoms. The Balaban J connectivity index is 1.52. The molecule has 4 rings (SSSR count). The minimum atomic E-state index is -0.855. The van der Waals surface area contributed by atoms with Crippen LogP contribution in [-0.4, -0.2) is 35.2 Å². The normalized spacial score (nSPS) is 12.0. The summed E-state index contributed by atoms with van der Waals surface area (Å²) in [5.41, 5.74) is 1.73. The van der Waals surface area contributed by atoms with Crippen LogP contribution in [0, 0.1) is 6.92 Å². The van der Waals surface area contributed by atoms with E-state index in [1.807, 2.05) is 0 Å². The largest absolute Gasteiger partial charge is 0.507 e. The smallest absolute Gasteiger partial charge is 0.342 e. The molecule has 7 nitrogen and oxygen atoms in total. The van der Waals surface area contributed by atoms with Crippen LogP contribution in [0.25, 0.3) is 0 Å². The minimum absolute atomic E-state index is 0.0535. The molecule has 0 atom stereocenters. The molecule has 2 N–H and O–H groups in total. The van der Waals surface area contributed by atoms with Gasteiger partial charge in [-0.05, 0) is 25.1 Å². The molecule has 31 heavy (non-hydrogen) atoms. The maximum absolute atomic E-state index is 13.0. The molecule has 154 valence electrons. The number of amides is 1. The van der Waals surface area contributed by atoms with E-state index < -0.39 is 18.5 Å². The van der Waals surface area contributed by atoms with Crippen molar-refractivity contribution in [3.8, 4) is 5.75 Å². The molecule has 0 heterocycles. The summed E-state index contributed by atoms with van der Waals surface area (Å²) in [7, 11) is 0. The van der Waals surface area contributed by atoms with Gasteiger partial charge in [0.25, 0.3) is 5.91 Å². The van der Waals surface area contributed by atoms with Gasteiger partial charge >= 0.3 is 5.97 Å². The van der Waals surface area contributed by atoms with Gasteiger partial charge in [0.2, 0.25) is 0 Å². The fraction of sp³-hybridized carbons (Fsp3) is 0.0833. The van der Waals surface area contributed by atoms with Crippen molar-refractivity contribution >= 4 is 29.1 Å². The van der Waals surface area contributed by atoms with Gasteiger partial charge in [-0.15, -0.1) is 0 Å². The molecule has 3 aromatic rings. The summed E-state index contributed by atoms with van der Waals surface area (Å²) in [4.78, 5) is 50.3.